The second-order valence-electron chi connectivity index (χ2n) is 2.81. The molecule has 0 saturated heterocycles. The molecule has 0 fully saturated rings. The van der Waals surface area contributed by atoms with Gasteiger partial charge in [-0.1, -0.05) is 26.7 Å². The molecule has 0 amide bonds. The Morgan fingerprint density at radius 3 is 2.40 bits per heavy atom. The summed E-state index contributed by atoms with van der Waals surface area (Å²) in [5, 5.41) is 0. The van der Waals surface area contributed by atoms with E-state index in [2.05, 4.69) is 6.92 Å². The van der Waals surface area contributed by atoms with E-state index < -0.39 is 5.54 Å². The van der Waals surface area contributed by atoms with Crippen molar-refractivity contribution in [3.05, 3.63) is 0 Å². The van der Waals surface area contributed by atoms with Crippen molar-refractivity contribution in [1.82, 2.24) is 0 Å². The van der Waals surface area contributed by atoms with Crippen molar-refractivity contribution in [3.63, 3.8) is 0 Å². The molecular formula is C8H17NO. The maximum absolute atomic E-state index is 10.4. The molecule has 0 saturated carbocycles. The number of aldehydes is 1. The number of unbranched alkanes of at least 4 members (excludes halogenated alkanes) is 1. The van der Waals surface area contributed by atoms with Crippen LogP contribution in [0, 0.1) is 0 Å². The SMILES string of the molecule is CCCCC(N)(C=O)CC. The van der Waals surface area contributed by atoms with Gasteiger partial charge in [0, 0.05) is 0 Å². The molecule has 10 heavy (non-hydrogen) atoms. The largest absolute Gasteiger partial charge is 0.319 e. The van der Waals surface area contributed by atoms with Gasteiger partial charge >= 0.3 is 0 Å². The normalized spacial score (nSPS) is 16.3. The minimum Gasteiger partial charge on any atom is -0.319 e. The molecule has 2 N–H and O–H groups in total. The van der Waals surface area contributed by atoms with E-state index in [0.717, 1.165) is 32.0 Å². The van der Waals surface area contributed by atoms with E-state index >= 15 is 0 Å². The summed E-state index contributed by atoms with van der Waals surface area (Å²) in [6.07, 6.45) is 4.60. The molecule has 0 aromatic carbocycles. The van der Waals surface area contributed by atoms with Crippen molar-refractivity contribution in [3.8, 4) is 0 Å². The minimum atomic E-state index is -0.546. The Morgan fingerprint density at radius 1 is 1.50 bits per heavy atom. The average molecular weight is 143 g/mol. The fourth-order valence-corrected chi connectivity index (χ4v) is 0.825. The van der Waals surface area contributed by atoms with Crippen molar-refractivity contribution in [2.75, 3.05) is 0 Å². The van der Waals surface area contributed by atoms with Crippen molar-refractivity contribution >= 4 is 6.29 Å². The fourth-order valence-electron chi connectivity index (χ4n) is 0.825. The highest BCUT2D eigenvalue weighted by molar-refractivity contribution is 5.63. The lowest BCUT2D eigenvalue weighted by Gasteiger charge is -2.19. The molecule has 2 nitrogen and oxygen atoms in total. The highest BCUT2D eigenvalue weighted by Crippen LogP contribution is 2.11. The second kappa shape index (κ2) is 4.45. The first-order valence-corrected chi connectivity index (χ1v) is 3.93. The van der Waals surface area contributed by atoms with E-state index in [-0.39, 0.29) is 0 Å². The number of rotatable bonds is 5. The summed E-state index contributed by atoms with van der Waals surface area (Å²) < 4.78 is 0. The molecule has 0 aliphatic rings. The summed E-state index contributed by atoms with van der Waals surface area (Å²) in [5.74, 6) is 0. The lowest BCUT2D eigenvalue weighted by atomic mass is 9.93. The van der Waals surface area contributed by atoms with Crippen LogP contribution in [0.2, 0.25) is 0 Å². The predicted molar refractivity (Wildman–Crippen MR) is 42.8 cm³/mol. The number of hydrogen-bond donors (Lipinski definition) is 1. The molecule has 1 unspecified atom stereocenters. The zero-order chi connectivity index (χ0) is 8.04. The van der Waals surface area contributed by atoms with Gasteiger partial charge in [0.15, 0.2) is 0 Å². The summed E-state index contributed by atoms with van der Waals surface area (Å²) in [6.45, 7) is 4.05. The Kier molecular flexibility index (Phi) is 4.28. The summed E-state index contributed by atoms with van der Waals surface area (Å²) >= 11 is 0. The molecule has 0 heterocycles. The Bertz CT molecular complexity index is 103. The molecule has 0 aromatic heterocycles. The number of carbonyl (C=O) groups excluding carboxylic acids is 1. The van der Waals surface area contributed by atoms with Gasteiger partial charge in [0.2, 0.25) is 0 Å². The van der Waals surface area contributed by atoms with Crippen LogP contribution in [0.4, 0.5) is 0 Å². The number of hydrogen-bond acceptors (Lipinski definition) is 2. The average Bonchev–Trinajstić information content (AvgIpc) is 2.00. The van der Waals surface area contributed by atoms with Gasteiger partial charge in [-0.25, -0.2) is 0 Å². The maximum Gasteiger partial charge on any atom is 0.139 e. The number of carbonyl (C=O) groups is 1. The number of nitrogens with two attached hydrogens (primary N) is 1. The first-order valence-electron chi connectivity index (χ1n) is 3.93. The lowest BCUT2D eigenvalue weighted by molar-refractivity contribution is -0.112. The zero-order valence-corrected chi connectivity index (χ0v) is 6.89. The van der Waals surface area contributed by atoms with E-state index in [1.54, 1.807) is 0 Å². The highest BCUT2D eigenvalue weighted by atomic mass is 16.1. The van der Waals surface area contributed by atoms with Crippen LogP contribution in [-0.4, -0.2) is 11.8 Å². The summed E-state index contributed by atoms with van der Waals surface area (Å²) in [5.41, 5.74) is 5.17. The van der Waals surface area contributed by atoms with E-state index in [1.165, 1.54) is 0 Å². The van der Waals surface area contributed by atoms with Crippen LogP contribution in [0.3, 0.4) is 0 Å². The van der Waals surface area contributed by atoms with E-state index in [9.17, 15) is 4.79 Å². The fraction of sp³-hybridized carbons (Fsp3) is 0.875. The molecular weight excluding hydrogens is 126 g/mol. The quantitative estimate of drug-likeness (QED) is 0.592. The standard InChI is InChI=1S/C8H17NO/c1-3-5-6-8(9,4-2)7-10/h7H,3-6,9H2,1-2H3. The smallest absolute Gasteiger partial charge is 0.139 e. The Balaban J connectivity index is 3.68. The van der Waals surface area contributed by atoms with Gasteiger partial charge in [0.05, 0.1) is 5.54 Å². The highest BCUT2D eigenvalue weighted by Gasteiger charge is 2.19. The van der Waals surface area contributed by atoms with Crippen LogP contribution in [0.1, 0.15) is 39.5 Å². The van der Waals surface area contributed by atoms with Gasteiger partial charge in [0.25, 0.3) is 0 Å². The first kappa shape index (κ1) is 9.63. The van der Waals surface area contributed by atoms with Crippen molar-refractivity contribution in [2.24, 2.45) is 5.73 Å². The molecule has 60 valence electrons. The monoisotopic (exact) mass is 143 g/mol. The summed E-state index contributed by atoms with van der Waals surface area (Å²) in [4.78, 5) is 10.4. The minimum absolute atomic E-state index is 0.546. The third-order valence-electron chi connectivity index (χ3n) is 1.89. The van der Waals surface area contributed by atoms with Crippen LogP contribution in [0.25, 0.3) is 0 Å². The zero-order valence-electron chi connectivity index (χ0n) is 6.89. The van der Waals surface area contributed by atoms with Crippen LogP contribution < -0.4 is 5.73 Å². The van der Waals surface area contributed by atoms with E-state index in [0.29, 0.717) is 0 Å². The van der Waals surface area contributed by atoms with Crippen LogP contribution in [0.5, 0.6) is 0 Å². The summed E-state index contributed by atoms with van der Waals surface area (Å²) in [7, 11) is 0. The molecule has 0 aliphatic heterocycles. The van der Waals surface area contributed by atoms with Crippen molar-refractivity contribution in [2.45, 2.75) is 45.1 Å². The molecule has 0 aliphatic carbocycles. The van der Waals surface area contributed by atoms with Gasteiger partial charge in [-0.05, 0) is 12.8 Å². The van der Waals surface area contributed by atoms with Gasteiger partial charge < -0.3 is 10.5 Å². The molecule has 0 aromatic rings. The molecule has 0 spiro atoms. The molecule has 1 atom stereocenters. The van der Waals surface area contributed by atoms with Gasteiger partial charge in [-0.3, -0.25) is 0 Å². The Hall–Kier alpha value is -0.370. The van der Waals surface area contributed by atoms with Crippen molar-refractivity contribution in [1.29, 1.82) is 0 Å². The Labute approximate surface area is 62.8 Å². The summed E-state index contributed by atoms with van der Waals surface area (Å²) in [6, 6.07) is 0. The molecule has 0 radical (unpaired) electrons. The van der Waals surface area contributed by atoms with Crippen molar-refractivity contribution < 1.29 is 4.79 Å². The topological polar surface area (TPSA) is 43.1 Å². The van der Waals surface area contributed by atoms with Gasteiger partial charge in [-0.15, -0.1) is 0 Å². The molecule has 2 heteroatoms. The van der Waals surface area contributed by atoms with Gasteiger partial charge in [-0.2, -0.15) is 0 Å². The predicted octanol–water partition coefficient (Wildman–Crippen LogP) is 1.48. The lowest BCUT2D eigenvalue weighted by Crippen LogP contribution is -2.40. The van der Waals surface area contributed by atoms with Crippen LogP contribution >= 0.6 is 0 Å². The third-order valence-corrected chi connectivity index (χ3v) is 1.89. The molecule has 0 rings (SSSR count). The maximum atomic E-state index is 10.4. The first-order chi connectivity index (χ1) is 4.68. The third kappa shape index (κ3) is 2.97. The van der Waals surface area contributed by atoms with Crippen LogP contribution in [0.15, 0.2) is 0 Å². The molecule has 0 bridgehead atoms. The van der Waals surface area contributed by atoms with E-state index in [4.69, 9.17) is 5.73 Å². The Morgan fingerprint density at radius 2 is 2.10 bits per heavy atom. The van der Waals surface area contributed by atoms with Crippen LogP contribution in [-0.2, 0) is 4.79 Å². The van der Waals surface area contributed by atoms with E-state index in [1.807, 2.05) is 6.92 Å². The second-order valence-corrected chi connectivity index (χ2v) is 2.81. The van der Waals surface area contributed by atoms with Gasteiger partial charge in [0.1, 0.15) is 6.29 Å².